The zero-order valence-corrected chi connectivity index (χ0v) is 14.6. The number of nitrogens with zero attached hydrogens (tertiary/aromatic N) is 2. The number of halogens is 1. The molecule has 2 N–H and O–H groups in total. The van der Waals surface area contributed by atoms with Gasteiger partial charge in [0.1, 0.15) is 0 Å². The van der Waals surface area contributed by atoms with Crippen molar-refractivity contribution in [3.63, 3.8) is 0 Å². The Morgan fingerprint density at radius 1 is 1.29 bits per heavy atom. The van der Waals surface area contributed by atoms with E-state index in [1.807, 2.05) is 11.8 Å². The number of hydrogen-bond acceptors (Lipinski definition) is 3. The lowest BCUT2D eigenvalue weighted by Crippen LogP contribution is -2.38. The lowest BCUT2D eigenvalue weighted by Gasteiger charge is -2.11. The Labute approximate surface area is 127 Å². The fourth-order valence-corrected chi connectivity index (χ4v) is 1.50. The van der Waals surface area contributed by atoms with Crippen molar-refractivity contribution in [1.82, 2.24) is 15.5 Å². The van der Waals surface area contributed by atoms with Gasteiger partial charge >= 0.3 is 0 Å². The Kier molecular flexibility index (Phi) is 16.6. The third-order valence-corrected chi connectivity index (χ3v) is 2.59. The molecule has 0 saturated carbocycles. The summed E-state index contributed by atoms with van der Waals surface area (Å²) >= 11 is 1.84. The van der Waals surface area contributed by atoms with Crippen molar-refractivity contribution in [3.8, 4) is 0 Å². The molecule has 0 saturated heterocycles. The molecule has 6 heteroatoms. The van der Waals surface area contributed by atoms with Crippen LogP contribution in [0.5, 0.6) is 0 Å². The Hall–Kier alpha value is 0.310. The van der Waals surface area contributed by atoms with E-state index < -0.39 is 0 Å². The number of guanidine groups is 1. The van der Waals surface area contributed by atoms with Crippen molar-refractivity contribution in [2.24, 2.45) is 4.99 Å². The van der Waals surface area contributed by atoms with Gasteiger partial charge in [0, 0.05) is 25.4 Å². The zero-order valence-electron chi connectivity index (χ0n) is 11.5. The van der Waals surface area contributed by atoms with Gasteiger partial charge < -0.3 is 15.5 Å². The molecule has 0 aromatic heterocycles. The summed E-state index contributed by atoms with van der Waals surface area (Å²) in [7, 11) is 4.18. The molecule has 0 aliphatic heterocycles. The number of nitrogens with one attached hydrogen (secondary N) is 2. The van der Waals surface area contributed by atoms with Crippen molar-refractivity contribution in [3.05, 3.63) is 0 Å². The van der Waals surface area contributed by atoms with E-state index in [0.29, 0.717) is 0 Å². The van der Waals surface area contributed by atoms with Crippen LogP contribution >= 0.6 is 35.7 Å². The number of rotatable bonds is 8. The molecule has 0 aromatic carbocycles. The molecule has 0 unspecified atom stereocenters. The van der Waals surface area contributed by atoms with Crippen LogP contribution in [0.2, 0.25) is 0 Å². The second-order valence-electron chi connectivity index (χ2n) is 3.84. The highest BCUT2D eigenvalue weighted by Crippen LogP contribution is 1.88. The van der Waals surface area contributed by atoms with Gasteiger partial charge in [0.15, 0.2) is 5.96 Å². The minimum absolute atomic E-state index is 0. The van der Waals surface area contributed by atoms with Gasteiger partial charge in [-0.05, 0) is 40.2 Å². The molecule has 0 aromatic rings. The molecular formula is C11H27IN4S. The van der Waals surface area contributed by atoms with Gasteiger partial charge in [0.25, 0.3) is 0 Å². The van der Waals surface area contributed by atoms with Crippen LogP contribution in [0.3, 0.4) is 0 Å². The highest BCUT2D eigenvalue weighted by Gasteiger charge is 1.95. The second-order valence-corrected chi connectivity index (χ2v) is 4.82. The number of thioether (sulfide) groups is 1. The molecule has 0 radical (unpaired) electrons. The molecule has 0 atom stereocenters. The normalized spacial score (nSPS) is 11.2. The van der Waals surface area contributed by atoms with E-state index in [1.54, 1.807) is 0 Å². The van der Waals surface area contributed by atoms with Crippen LogP contribution in [0.25, 0.3) is 0 Å². The average molecular weight is 374 g/mol. The van der Waals surface area contributed by atoms with Crippen LogP contribution in [0.15, 0.2) is 4.99 Å². The first-order valence-corrected chi connectivity index (χ1v) is 7.26. The summed E-state index contributed by atoms with van der Waals surface area (Å²) in [6.45, 7) is 5.95. The Bertz CT molecular complexity index is 188. The van der Waals surface area contributed by atoms with Gasteiger partial charge in [0.2, 0.25) is 0 Å². The minimum atomic E-state index is 0. The first-order valence-electron chi connectivity index (χ1n) is 5.86. The molecule has 0 aliphatic rings. The zero-order chi connectivity index (χ0) is 12.2. The van der Waals surface area contributed by atoms with Crippen LogP contribution in [0.4, 0.5) is 0 Å². The maximum Gasteiger partial charge on any atom is 0.191 e. The van der Waals surface area contributed by atoms with E-state index in [-0.39, 0.29) is 24.0 Å². The van der Waals surface area contributed by atoms with Crippen molar-refractivity contribution in [1.29, 1.82) is 0 Å². The maximum absolute atomic E-state index is 4.52. The molecule has 17 heavy (non-hydrogen) atoms. The molecule has 0 aliphatic carbocycles. The van der Waals surface area contributed by atoms with E-state index in [1.165, 1.54) is 0 Å². The van der Waals surface area contributed by atoms with E-state index in [9.17, 15) is 0 Å². The van der Waals surface area contributed by atoms with Crippen molar-refractivity contribution in [2.45, 2.75) is 13.3 Å². The van der Waals surface area contributed by atoms with Gasteiger partial charge in [-0.15, -0.1) is 24.0 Å². The third-order valence-electron chi connectivity index (χ3n) is 1.98. The molecule has 0 rings (SSSR count). The summed E-state index contributed by atoms with van der Waals surface area (Å²) < 4.78 is 0. The average Bonchev–Trinajstić information content (AvgIpc) is 2.24. The van der Waals surface area contributed by atoms with Crippen molar-refractivity contribution in [2.75, 3.05) is 52.3 Å². The first-order chi connectivity index (χ1) is 7.70. The van der Waals surface area contributed by atoms with E-state index in [0.717, 1.165) is 44.3 Å². The lowest BCUT2D eigenvalue weighted by molar-refractivity contribution is 0.403. The molecule has 0 heterocycles. The standard InChI is InChI=1S/C11H26N4S.HI/c1-5-12-11(14-8-10-16-4)13-7-6-9-15(2)3;/h5-10H2,1-4H3,(H2,12,13,14);1H. The Morgan fingerprint density at radius 3 is 2.53 bits per heavy atom. The topological polar surface area (TPSA) is 39.7 Å². The molecule has 0 spiro atoms. The first kappa shape index (κ1) is 19.6. The SMILES string of the molecule is CCNC(=NCCCN(C)C)NCCSC.I. The van der Waals surface area contributed by atoms with Crippen molar-refractivity contribution < 1.29 is 0 Å². The van der Waals surface area contributed by atoms with Gasteiger partial charge in [-0.2, -0.15) is 11.8 Å². The summed E-state index contributed by atoms with van der Waals surface area (Å²) in [5.41, 5.74) is 0. The molecule has 104 valence electrons. The largest absolute Gasteiger partial charge is 0.357 e. The van der Waals surface area contributed by atoms with E-state index in [4.69, 9.17) is 0 Å². The minimum Gasteiger partial charge on any atom is -0.357 e. The van der Waals surface area contributed by atoms with Gasteiger partial charge in [-0.1, -0.05) is 0 Å². The summed E-state index contributed by atoms with van der Waals surface area (Å²) in [6, 6.07) is 0. The lowest BCUT2D eigenvalue weighted by atomic mass is 10.4. The maximum atomic E-state index is 4.52. The van der Waals surface area contributed by atoms with E-state index in [2.05, 4.69) is 47.8 Å². The summed E-state index contributed by atoms with van der Waals surface area (Å²) in [4.78, 5) is 6.70. The molecule has 0 fully saturated rings. The monoisotopic (exact) mass is 374 g/mol. The number of hydrogen-bond donors (Lipinski definition) is 2. The van der Waals surface area contributed by atoms with Crippen LogP contribution in [0.1, 0.15) is 13.3 Å². The second kappa shape index (κ2) is 14.4. The van der Waals surface area contributed by atoms with Gasteiger partial charge in [-0.3, -0.25) is 4.99 Å². The Balaban J connectivity index is 0. The predicted octanol–water partition coefficient (Wildman–Crippen LogP) is 1.47. The van der Waals surface area contributed by atoms with Gasteiger partial charge in [0.05, 0.1) is 0 Å². The van der Waals surface area contributed by atoms with Crippen LogP contribution in [-0.4, -0.2) is 63.1 Å². The van der Waals surface area contributed by atoms with Crippen LogP contribution in [-0.2, 0) is 0 Å². The number of aliphatic imine (C=N–C) groups is 1. The quantitative estimate of drug-likeness (QED) is 0.292. The molecule has 4 nitrogen and oxygen atoms in total. The molecular weight excluding hydrogens is 347 g/mol. The summed E-state index contributed by atoms with van der Waals surface area (Å²) in [6.07, 6.45) is 3.22. The highest BCUT2D eigenvalue weighted by molar-refractivity contribution is 14.0. The van der Waals surface area contributed by atoms with E-state index >= 15 is 0 Å². The van der Waals surface area contributed by atoms with Crippen molar-refractivity contribution >= 4 is 41.7 Å². The fourth-order valence-electron chi connectivity index (χ4n) is 1.19. The molecule has 0 bridgehead atoms. The van der Waals surface area contributed by atoms with Crippen LogP contribution < -0.4 is 10.6 Å². The summed E-state index contributed by atoms with van der Waals surface area (Å²) in [5.74, 6) is 2.05. The Morgan fingerprint density at radius 2 is 2.00 bits per heavy atom. The fraction of sp³-hybridized carbons (Fsp3) is 0.909. The molecule has 0 amide bonds. The third kappa shape index (κ3) is 14.2. The highest BCUT2D eigenvalue weighted by atomic mass is 127. The predicted molar refractivity (Wildman–Crippen MR) is 90.9 cm³/mol. The van der Waals surface area contributed by atoms with Crippen LogP contribution in [0, 0.1) is 0 Å². The summed E-state index contributed by atoms with van der Waals surface area (Å²) in [5, 5.41) is 6.56. The smallest absolute Gasteiger partial charge is 0.191 e. The van der Waals surface area contributed by atoms with Gasteiger partial charge in [-0.25, -0.2) is 0 Å².